The molecular weight excluding hydrogens is 424 g/mol. The molecule has 3 rings (SSSR count). The van der Waals surface area contributed by atoms with Gasteiger partial charge < -0.3 is 10.1 Å². The van der Waals surface area contributed by atoms with Crippen LogP contribution in [0, 0.1) is 11.3 Å². The number of carbonyl (C=O) groups excluding carboxylic acids is 2. The molecule has 0 bridgehead atoms. The van der Waals surface area contributed by atoms with Crippen molar-refractivity contribution in [2.75, 3.05) is 11.9 Å². The van der Waals surface area contributed by atoms with E-state index in [4.69, 9.17) is 4.74 Å². The van der Waals surface area contributed by atoms with Gasteiger partial charge in [-0.2, -0.15) is 5.26 Å². The molecule has 1 aromatic carbocycles. The van der Waals surface area contributed by atoms with Gasteiger partial charge in [0.05, 0.1) is 24.1 Å². The van der Waals surface area contributed by atoms with E-state index in [1.165, 1.54) is 6.08 Å². The first-order valence-corrected chi connectivity index (χ1v) is 9.14. The lowest BCUT2D eigenvalue weighted by atomic mass is 10.2. The van der Waals surface area contributed by atoms with Crippen molar-refractivity contribution in [3.8, 4) is 6.07 Å². The Morgan fingerprint density at radius 3 is 2.71 bits per heavy atom. The third kappa shape index (κ3) is 4.27. The van der Waals surface area contributed by atoms with Gasteiger partial charge in [-0.05, 0) is 65.3 Å². The Labute approximate surface area is 169 Å². The fourth-order valence-corrected chi connectivity index (χ4v) is 2.82. The van der Waals surface area contributed by atoms with Crippen molar-refractivity contribution in [1.29, 1.82) is 5.26 Å². The normalized spacial score (nSPS) is 11.1. The highest BCUT2D eigenvalue weighted by Crippen LogP contribution is 2.17. The molecule has 0 unspecified atom stereocenters. The number of pyridine rings is 1. The van der Waals surface area contributed by atoms with Gasteiger partial charge in [-0.15, -0.1) is 0 Å². The van der Waals surface area contributed by atoms with E-state index in [-0.39, 0.29) is 12.2 Å². The van der Waals surface area contributed by atoms with E-state index < -0.39 is 11.9 Å². The minimum absolute atomic E-state index is 0.0729. The van der Waals surface area contributed by atoms with Gasteiger partial charge >= 0.3 is 5.97 Å². The van der Waals surface area contributed by atoms with Crippen LogP contribution in [-0.2, 0) is 9.53 Å². The fourth-order valence-electron chi connectivity index (χ4n) is 2.48. The van der Waals surface area contributed by atoms with Crippen LogP contribution >= 0.6 is 15.9 Å². The first kappa shape index (κ1) is 19.3. The predicted octanol–water partition coefficient (Wildman–Crippen LogP) is 3.82. The molecule has 0 aliphatic rings. The number of benzene rings is 1. The third-order valence-corrected chi connectivity index (χ3v) is 4.28. The fraction of sp³-hybridized carbons (Fsp3) is 0.100. The number of carbonyl (C=O) groups is 2. The number of nitrogens with zero attached hydrogens (tertiary/aromatic N) is 3. The summed E-state index contributed by atoms with van der Waals surface area (Å²) in [4.78, 5) is 28.4. The van der Waals surface area contributed by atoms with E-state index in [0.717, 1.165) is 4.47 Å². The average Bonchev–Trinajstić information content (AvgIpc) is 3.08. The average molecular weight is 439 g/mol. The minimum Gasteiger partial charge on any atom is -0.462 e. The van der Waals surface area contributed by atoms with Crippen LogP contribution in [0.25, 0.3) is 11.7 Å². The molecule has 0 fully saturated rings. The maximum absolute atomic E-state index is 12.5. The highest BCUT2D eigenvalue weighted by Gasteiger charge is 2.12. The van der Waals surface area contributed by atoms with Crippen LogP contribution in [0.3, 0.4) is 0 Å². The smallest absolute Gasteiger partial charge is 0.338 e. The molecule has 7 nitrogen and oxygen atoms in total. The van der Waals surface area contributed by atoms with Crippen molar-refractivity contribution < 1.29 is 14.3 Å². The number of hydrogen-bond acceptors (Lipinski definition) is 5. The van der Waals surface area contributed by atoms with Gasteiger partial charge in [-0.1, -0.05) is 0 Å². The van der Waals surface area contributed by atoms with Gasteiger partial charge in [0.2, 0.25) is 0 Å². The summed E-state index contributed by atoms with van der Waals surface area (Å²) in [6.07, 6.45) is 4.85. The number of ether oxygens (including phenoxy) is 1. The van der Waals surface area contributed by atoms with Gasteiger partial charge in [0.15, 0.2) is 0 Å². The zero-order chi connectivity index (χ0) is 20.1. The summed E-state index contributed by atoms with van der Waals surface area (Å²) in [5, 5.41) is 12.0. The number of nitrogens with one attached hydrogen (secondary N) is 1. The van der Waals surface area contributed by atoms with Gasteiger partial charge in [0.1, 0.15) is 17.3 Å². The second-order valence-corrected chi connectivity index (χ2v) is 6.60. The van der Waals surface area contributed by atoms with E-state index in [2.05, 4.69) is 26.2 Å². The monoisotopic (exact) mass is 438 g/mol. The molecule has 1 N–H and O–H groups in total. The molecule has 0 saturated carbocycles. The van der Waals surface area contributed by atoms with Crippen molar-refractivity contribution in [2.24, 2.45) is 0 Å². The van der Waals surface area contributed by atoms with Crippen LogP contribution in [0.15, 0.2) is 58.8 Å². The molecule has 0 aliphatic carbocycles. The standard InChI is InChI=1S/C20H15BrN4O3/c1-2-28-20(27)13-3-6-16(7-4-13)24-19(26)14(10-22)9-17-11-23-18-8-5-15(21)12-25(17)18/h3-9,11-12H,2H2,1H3,(H,24,26). The lowest BCUT2D eigenvalue weighted by Gasteiger charge is -2.06. The molecule has 140 valence electrons. The summed E-state index contributed by atoms with van der Waals surface area (Å²) in [7, 11) is 0. The van der Waals surface area contributed by atoms with E-state index in [9.17, 15) is 14.9 Å². The largest absolute Gasteiger partial charge is 0.462 e. The van der Waals surface area contributed by atoms with Crippen molar-refractivity contribution in [3.05, 3.63) is 70.1 Å². The number of halogens is 1. The Morgan fingerprint density at radius 2 is 2.04 bits per heavy atom. The molecule has 3 aromatic rings. The van der Waals surface area contributed by atoms with Crippen molar-refractivity contribution >= 4 is 45.2 Å². The molecule has 2 aromatic heterocycles. The van der Waals surface area contributed by atoms with E-state index >= 15 is 0 Å². The maximum atomic E-state index is 12.5. The van der Waals surface area contributed by atoms with Crippen molar-refractivity contribution in [2.45, 2.75) is 6.92 Å². The zero-order valence-electron chi connectivity index (χ0n) is 14.8. The minimum atomic E-state index is -0.559. The second-order valence-electron chi connectivity index (χ2n) is 5.68. The Morgan fingerprint density at radius 1 is 1.29 bits per heavy atom. The summed E-state index contributed by atoms with van der Waals surface area (Å²) < 4.78 is 7.53. The first-order valence-electron chi connectivity index (χ1n) is 8.34. The number of aromatic nitrogens is 2. The van der Waals surface area contributed by atoms with E-state index in [1.807, 2.05) is 18.2 Å². The first-order chi connectivity index (χ1) is 13.5. The number of rotatable bonds is 5. The summed E-state index contributed by atoms with van der Waals surface area (Å²) in [6, 6.07) is 11.8. The Kier molecular flexibility index (Phi) is 5.87. The highest BCUT2D eigenvalue weighted by atomic mass is 79.9. The summed E-state index contributed by atoms with van der Waals surface area (Å²) in [5.41, 5.74) is 2.06. The highest BCUT2D eigenvalue weighted by molar-refractivity contribution is 9.10. The zero-order valence-corrected chi connectivity index (χ0v) is 16.4. The van der Waals surface area contributed by atoms with Gasteiger partial charge in [-0.3, -0.25) is 9.20 Å². The van der Waals surface area contributed by atoms with Gasteiger partial charge in [0.25, 0.3) is 5.91 Å². The SMILES string of the molecule is CCOC(=O)c1ccc(NC(=O)C(C#N)=Cc2cnc3ccc(Br)cn23)cc1. The van der Waals surface area contributed by atoms with E-state index in [0.29, 0.717) is 22.6 Å². The maximum Gasteiger partial charge on any atom is 0.338 e. The Balaban J connectivity index is 1.80. The molecule has 0 spiro atoms. The molecule has 0 saturated heterocycles. The summed E-state index contributed by atoms with van der Waals surface area (Å²) >= 11 is 3.39. The van der Waals surface area contributed by atoms with Crippen LogP contribution in [0.1, 0.15) is 23.0 Å². The predicted molar refractivity (Wildman–Crippen MR) is 108 cm³/mol. The second kappa shape index (κ2) is 8.50. The van der Waals surface area contributed by atoms with Crippen LogP contribution in [0.2, 0.25) is 0 Å². The van der Waals surface area contributed by atoms with Crippen molar-refractivity contribution in [3.63, 3.8) is 0 Å². The quantitative estimate of drug-likeness (QED) is 0.371. The topological polar surface area (TPSA) is 96.5 Å². The Bertz CT molecular complexity index is 1110. The number of imidazole rings is 1. The van der Waals surface area contributed by atoms with Crippen LogP contribution in [0.5, 0.6) is 0 Å². The molecule has 1 amide bonds. The molecule has 0 atom stereocenters. The lowest BCUT2D eigenvalue weighted by molar-refractivity contribution is -0.112. The molecule has 8 heteroatoms. The van der Waals surface area contributed by atoms with Gasteiger partial charge in [0, 0.05) is 16.4 Å². The number of fused-ring (bicyclic) bond motifs is 1. The number of nitriles is 1. The van der Waals surface area contributed by atoms with Gasteiger partial charge in [-0.25, -0.2) is 9.78 Å². The summed E-state index contributed by atoms with van der Waals surface area (Å²) in [6.45, 7) is 2.01. The van der Waals surface area contributed by atoms with Crippen molar-refractivity contribution in [1.82, 2.24) is 9.38 Å². The van der Waals surface area contributed by atoms with Crippen LogP contribution in [0.4, 0.5) is 5.69 Å². The Hall–Kier alpha value is -3.44. The number of hydrogen-bond donors (Lipinski definition) is 1. The number of anilines is 1. The lowest BCUT2D eigenvalue weighted by Crippen LogP contribution is -2.14. The third-order valence-electron chi connectivity index (χ3n) is 3.81. The van der Waals surface area contributed by atoms with Crippen LogP contribution in [-0.4, -0.2) is 27.9 Å². The molecular formula is C20H15BrN4O3. The molecule has 0 radical (unpaired) electrons. The van der Waals surface area contributed by atoms with Crippen LogP contribution < -0.4 is 5.32 Å². The number of esters is 1. The summed E-state index contributed by atoms with van der Waals surface area (Å²) in [5.74, 6) is -0.993. The van der Waals surface area contributed by atoms with E-state index in [1.54, 1.807) is 48.0 Å². The molecule has 2 heterocycles. The molecule has 0 aliphatic heterocycles. The number of amides is 1. The molecule has 28 heavy (non-hydrogen) atoms.